The van der Waals surface area contributed by atoms with Gasteiger partial charge in [-0.2, -0.15) is 0 Å². The van der Waals surface area contributed by atoms with Crippen LogP contribution in [0.3, 0.4) is 0 Å². The Morgan fingerprint density at radius 2 is 2.00 bits per heavy atom. The van der Waals surface area contributed by atoms with Crippen LogP contribution in [-0.4, -0.2) is 38.3 Å². The largest absolute Gasteiger partial charge is 0.456 e. The number of nitro groups is 1. The van der Waals surface area contributed by atoms with Crippen molar-refractivity contribution >= 4 is 29.3 Å². The number of rotatable bonds is 2. The van der Waals surface area contributed by atoms with Gasteiger partial charge in [0.05, 0.1) is 27.2 Å². The van der Waals surface area contributed by atoms with E-state index in [1.165, 1.54) is 18.3 Å². The maximum absolute atomic E-state index is 12.8. The second-order valence-corrected chi connectivity index (χ2v) is 7.80. The average Bonchev–Trinajstić information content (AvgIpc) is 2.96. The van der Waals surface area contributed by atoms with Crippen molar-refractivity contribution in [3.63, 3.8) is 0 Å². The van der Waals surface area contributed by atoms with Crippen LogP contribution in [0.15, 0.2) is 23.4 Å². The molecule has 1 aliphatic heterocycles. The highest BCUT2D eigenvalue weighted by Crippen LogP contribution is 2.43. The van der Waals surface area contributed by atoms with Crippen molar-refractivity contribution in [1.82, 2.24) is 4.98 Å². The molecule has 2 atom stereocenters. The number of ketones is 2. The Kier molecular flexibility index (Phi) is 3.98. The standard InChI is InChI=1S/C16H14N2O6S/c1-16(2,3)24-15(21)7-4-5-17-11-10(7)13(20)14-8(12(11)19)6-9(25-14)18(22)23/h4-6,8,14H,1-3H3. The summed E-state index contributed by atoms with van der Waals surface area (Å²) >= 11 is 0.723. The molecule has 0 spiro atoms. The highest BCUT2D eigenvalue weighted by Gasteiger charge is 2.50. The molecule has 1 aliphatic carbocycles. The molecule has 0 N–H and O–H groups in total. The quantitative estimate of drug-likeness (QED) is 0.447. The predicted octanol–water partition coefficient (Wildman–Crippen LogP) is 2.27. The molecular formula is C16H14N2O6S. The number of hydrogen-bond acceptors (Lipinski definition) is 8. The van der Waals surface area contributed by atoms with Crippen LogP contribution in [0.25, 0.3) is 0 Å². The molecule has 0 saturated heterocycles. The topological polar surface area (TPSA) is 116 Å². The molecule has 25 heavy (non-hydrogen) atoms. The number of hydrogen-bond donors (Lipinski definition) is 0. The zero-order valence-corrected chi connectivity index (χ0v) is 14.5. The molecule has 0 aromatic carbocycles. The Morgan fingerprint density at radius 1 is 1.32 bits per heavy atom. The minimum absolute atomic E-state index is 0.0492. The van der Waals surface area contributed by atoms with E-state index in [4.69, 9.17) is 4.74 Å². The summed E-state index contributed by atoms with van der Waals surface area (Å²) in [4.78, 5) is 52.1. The number of allylic oxidation sites excluding steroid dienone is 1. The molecule has 2 unspecified atom stereocenters. The third-order valence-electron chi connectivity index (χ3n) is 3.69. The van der Waals surface area contributed by atoms with Crippen LogP contribution in [0.2, 0.25) is 0 Å². The van der Waals surface area contributed by atoms with E-state index in [1.54, 1.807) is 20.8 Å². The molecular weight excluding hydrogens is 348 g/mol. The molecule has 0 fully saturated rings. The summed E-state index contributed by atoms with van der Waals surface area (Å²) in [6.45, 7) is 5.05. The third kappa shape index (κ3) is 2.95. The van der Waals surface area contributed by atoms with Gasteiger partial charge in [-0.3, -0.25) is 24.7 Å². The van der Waals surface area contributed by atoms with Crippen molar-refractivity contribution in [2.45, 2.75) is 31.6 Å². The van der Waals surface area contributed by atoms with Crippen LogP contribution in [0.1, 0.15) is 52.0 Å². The van der Waals surface area contributed by atoms with E-state index >= 15 is 0 Å². The smallest absolute Gasteiger partial charge is 0.339 e. The van der Waals surface area contributed by atoms with Gasteiger partial charge in [0.15, 0.2) is 11.6 Å². The van der Waals surface area contributed by atoms with Crippen molar-refractivity contribution in [2.24, 2.45) is 5.92 Å². The number of fused-ring (bicyclic) bond motifs is 2. The average molecular weight is 362 g/mol. The monoisotopic (exact) mass is 362 g/mol. The van der Waals surface area contributed by atoms with Gasteiger partial charge in [0.1, 0.15) is 11.3 Å². The fourth-order valence-electron chi connectivity index (χ4n) is 2.72. The molecule has 3 rings (SSSR count). The van der Waals surface area contributed by atoms with Crippen molar-refractivity contribution < 1.29 is 24.0 Å². The van der Waals surface area contributed by atoms with Crippen molar-refractivity contribution in [2.75, 3.05) is 0 Å². The third-order valence-corrected chi connectivity index (χ3v) is 4.97. The van der Waals surface area contributed by atoms with Crippen molar-refractivity contribution in [1.29, 1.82) is 0 Å². The van der Waals surface area contributed by atoms with E-state index in [0.29, 0.717) is 0 Å². The SMILES string of the molecule is CC(C)(C)OC(=O)c1ccnc2c1C(=O)C1SC([N+](=O)[O-])=CC1C2=O. The minimum atomic E-state index is -0.953. The van der Waals surface area contributed by atoms with Gasteiger partial charge < -0.3 is 4.74 Å². The molecule has 0 radical (unpaired) electrons. The first-order valence-corrected chi connectivity index (χ1v) is 8.32. The lowest BCUT2D eigenvalue weighted by molar-refractivity contribution is -0.410. The number of carbonyl (C=O) groups excluding carboxylic acids is 3. The van der Waals surface area contributed by atoms with Crippen LogP contribution in [-0.2, 0) is 4.74 Å². The molecule has 2 aliphatic rings. The van der Waals surface area contributed by atoms with Gasteiger partial charge in [0.25, 0.3) is 0 Å². The van der Waals surface area contributed by atoms with Gasteiger partial charge in [0, 0.05) is 12.3 Å². The summed E-state index contributed by atoms with van der Waals surface area (Å²) in [6.07, 6.45) is 2.43. The van der Waals surface area contributed by atoms with Crippen molar-refractivity contribution in [3.05, 3.63) is 50.3 Å². The Bertz CT molecular complexity index is 855. The number of nitrogens with zero attached hydrogens (tertiary/aromatic N) is 2. The number of carbonyl (C=O) groups is 3. The Morgan fingerprint density at radius 3 is 2.60 bits per heavy atom. The number of thioether (sulfide) groups is 1. The highest BCUT2D eigenvalue weighted by molar-refractivity contribution is 8.04. The van der Waals surface area contributed by atoms with Gasteiger partial charge in [-0.25, -0.2) is 4.79 Å². The fraction of sp³-hybridized carbons (Fsp3) is 0.375. The zero-order valence-electron chi connectivity index (χ0n) is 13.6. The van der Waals surface area contributed by atoms with Gasteiger partial charge in [-0.15, -0.1) is 0 Å². The van der Waals surface area contributed by atoms with Crippen molar-refractivity contribution in [3.8, 4) is 0 Å². The molecule has 0 amide bonds. The van der Waals surface area contributed by atoms with Crippen LogP contribution in [0, 0.1) is 16.0 Å². The lowest BCUT2D eigenvalue weighted by atomic mass is 9.82. The summed E-state index contributed by atoms with van der Waals surface area (Å²) in [5.74, 6) is -2.70. The lowest BCUT2D eigenvalue weighted by Crippen LogP contribution is -2.38. The number of aromatic nitrogens is 1. The first-order valence-electron chi connectivity index (χ1n) is 7.44. The van der Waals surface area contributed by atoms with Crippen LogP contribution >= 0.6 is 11.8 Å². The van der Waals surface area contributed by atoms with Gasteiger partial charge in [0.2, 0.25) is 0 Å². The fourth-order valence-corrected chi connectivity index (χ4v) is 3.86. The van der Waals surface area contributed by atoms with E-state index < -0.39 is 39.2 Å². The predicted molar refractivity (Wildman–Crippen MR) is 88.0 cm³/mol. The molecule has 1 aromatic heterocycles. The van der Waals surface area contributed by atoms with Crippen LogP contribution < -0.4 is 0 Å². The number of Topliss-reactive ketones (excluding diaryl/α,β-unsaturated/α-hetero) is 2. The highest BCUT2D eigenvalue weighted by atomic mass is 32.2. The second kappa shape index (κ2) is 5.76. The molecule has 8 nitrogen and oxygen atoms in total. The molecule has 2 heterocycles. The maximum Gasteiger partial charge on any atom is 0.339 e. The number of pyridine rings is 1. The summed E-state index contributed by atoms with van der Waals surface area (Å²) in [6, 6.07) is 1.32. The summed E-state index contributed by atoms with van der Waals surface area (Å²) in [5.41, 5.74) is -1.09. The van der Waals surface area contributed by atoms with Gasteiger partial charge in [-0.1, -0.05) is 0 Å². The lowest BCUT2D eigenvalue weighted by Gasteiger charge is -2.25. The van der Waals surface area contributed by atoms with Gasteiger partial charge in [-0.05, 0) is 38.6 Å². The van der Waals surface area contributed by atoms with E-state index in [-0.39, 0.29) is 21.8 Å². The first kappa shape index (κ1) is 17.3. The maximum atomic E-state index is 12.8. The molecule has 1 aromatic rings. The van der Waals surface area contributed by atoms with E-state index in [0.717, 1.165) is 11.8 Å². The molecule has 0 saturated carbocycles. The normalized spacial score (nSPS) is 22.1. The van der Waals surface area contributed by atoms with E-state index in [9.17, 15) is 24.5 Å². The molecule has 0 bridgehead atoms. The molecule has 9 heteroatoms. The zero-order chi connectivity index (χ0) is 18.5. The van der Waals surface area contributed by atoms with Gasteiger partial charge >= 0.3 is 11.0 Å². The Balaban J connectivity index is 2.06. The summed E-state index contributed by atoms with van der Waals surface area (Å²) in [7, 11) is 0. The van der Waals surface area contributed by atoms with E-state index in [2.05, 4.69) is 4.98 Å². The number of ether oxygens (including phenoxy) is 1. The summed E-state index contributed by atoms with van der Waals surface area (Å²) in [5, 5.41) is 9.77. The Labute approximate surface area is 146 Å². The summed E-state index contributed by atoms with van der Waals surface area (Å²) < 4.78 is 5.29. The van der Waals surface area contributed by atoms with Crippen LogP contribution in [0.4, 0.5) is 0 Å². The molecule has 130 valence electrons. The second-order valence-electron chi connectivity index (χ2n) is 6.64. The first-order chi connectivity index (χ1) is 11.6. The number of esters is 1. The Hall–Kier alpha value is -2.55. The minimum Gasteiger partial charge on any atom is -0.456 e. The van der Waals surface area contributed by atoms with Crippen LogP contribution in [0.5, 0.6) is 0 Å². The van der Waals surface area contributed by atoms with E-state index in [1.807, 2.05) is 0 Å².